The first-order valence-electron chi connectivity index (χ1n) is 10.9. The summed E-state index contributed by atoms with van der Waals surface area (Å²) in [6, 6.07) is 0. The minimum absolute atomic E-state index is 0. The molecule has 0 amide bonds. The minimum Gasteiger partial charge on any atom is -0.376 e. The number of halogens is 1. The Morgan fingerprint density at radius 2 is 1.96 bits per heavy atom. The van der Waals surface area contributed by atoms with Crippen LogP contribution in [0.1, 0.15) is 64.7 Å². The molecule has 3 atom stereocenters. The van der Waals surface area contributed by atoms with Gasteiger partial charge >= 0.3 is 0 Å². The molecule has 27 heavy (non-hydrogen) atoms. The number of aliphatic imine (C=N–C) groups is 1. The molecule has 0 aromatic rings. The quantitative estimate of drug-likeness (QED) is 0.345. The van der Waals surface area contributed by atoms with Gasteiger partial charge in [-0.25, -0.2) is 0 Å². The van der Waals surface area contributed by atoms with Gasteiger partial charge in [0, 0.05) is 33.3 Å². The van der Waals surface area contributed by atoms with Gasteiger partial charge in [0.15, 0.2) is 5.96 Å². The van der Waals surface area contributed by atoms with E-state index in [4.69, 9.17) is 9.47 Å². The highest BCUT2D eigenvalue weighted by Crippen LogP contribution is 2.30. The first-order chi connectivity index (χ1) is 12.7. The van der Waals surface area contributed by atoms with Gasteiger partial charge in [0.05, 0.1) is 18.8 Å². The van der Waals surface area contributed by atoms with Crippen molar-refractivity contribution in [3.63, 3.8) is 0 Å². The maximum absolute atomic E-state index is 6.09. The fourth-order valence-electron chi connectivity index (χ4n) is 4.80. The zero-order chi connectivity index (χ0) is 18.2. The number of nitrogens with one attached hydrogen (secondary N) is 1. The molecule has 3 unspecified atom stereocenters. The van der Waals surface area contributed by atoms with Crippen molar-refractivity contribution in [1.29, 1.82) is 0 Å². The molecule has 3 fully saturated rings. The molecule has 1 N–H and O–H groups in total. The molecule has 3 rings (SSSR count). The molecule has 1 aliphatic carbocycles. The summed E-state index contributed by atoms with van der Waals surface area (Å²) >= 11 is 0. The van der Waals surface area contributed by atoms with Crippen molar-refractivity contribution in [2.75, 3.05) is 39.9 Å². The molecular weight excluding hydrogens is 453 g/mol. The van der Waals surface area contributed by atoms with E-state index >= 15 is 0 Å². The Bertz CT molecular complexity index is 435. The average Bonchev–Trinajstić information content (AvgIpc) is 3.18. The zero-order valence-corrected chi connectivity index (χ0v) is 19.7. The fraction of sp³-hybridized carbons (Fsp3) is 0.952. The lowest BCUT2D eigenvalue weighted by molar-refractivity contribution is -0.0367. The number of ether oxygens (including phenoxy) is 2. The highest BCUT2D eigenvalue weighted by molar-refractivity contribution is 14.0. The van der Waals surface area contributed by atoms with E-state index in [1.807, 2.05) is 7.05 Å². The number of hydrogen-bond acceptors (Lipinski definition) is 3. The van der Waals surface area contributed by atoms with E-state index in [9.17, 15) is 0 Å². The third kappa shape index (κ3) is 7.69. The molecular formula is C21H40IN3O2. The number of piperidine rings is 1. The Labute approximate surface area is 183 Å². The van der Waals surface area contributed by atoms with Gasteiger partial charge in [-0.1, -0.05) is 26.2 Å². The van der Waals surface area contributed by atoms with Crippen LogP contribution in [0.3, 0.4) is 0 Å². The van der Waals surface area contributed by atoms with Crippen molar-refractivity contribution < 1.29 is 9.47 Å². The lowest BCUT2D eigenvalue weighted by Gasteiger charge is -2.35. The van der Waals surface area contributed by atoms with Crippen LogP contribution < -0.4 is 5.32 Å². The molecule has 5 nitrogen and oxygen atoms in total. The lowest BCUT2D eigenvalue weighted by Crippen LogP contribution is -2.47. The molecule has 2 heterocycles. The SMILES string of the molecule is CN=C(NCCC1CCCC(C)C1)N1CCC(OCC2CCCO2)CC1.I. The molecule has 0 spiro atoms. The van der Waals surface area contributed by atoms with Crippen LogP contribution in [0.4, 0.5) is 0 Å². The summed E-state index contributed by atoms with van der Waals surface area (Å²) < 4.78 is 11.7. The third-order valence-corrected chi connectivity index (χ3v) is 6.38. The number of likely N-dealkylation sites (tertiary alicyclic amines) is 1. The van der Waals surface area contributed by atoms with Crippen LogP contribution in [0.5, 0.6) is 0 Å². The predicted molar refractivity (Wildman–Crippen MR) is 122 cm³/mol. The molecule has 2 aliphatic heterocycles. The Kier molecular flexibility index (Phi) is 10.7. The summed E-state index contributed by atoms with van der Waals surface area (Å²) in [5, 5.41) is 3.61. The largest absolute Gasteiger partial charge is 0.376 e. The van der Waals surface area contributed by atoms with E-state index in [0.29, 0.717) is 12.2 Å². The molecule has 0 aromatic heterocycles. The highest BCUT2D eigenvalue weighted by Gasteiger charge is 2.24. The maximum Gasteiger partial charge on any atom is 0.193 e. The van der Waals surface area contributed by atoms with E-state index in [2.05, 4.69) is 22.1 Å². The van der Waals surface area contributed by atoms with Crippen LogP contribution in [0.15, 0.2) is 4.99 Å². The summed E-state index contributed by atoms with van der Waals surface area (Å²) in [5.74, 6) is 2.90. The van der Waals surface area contributed by atoms with E-state index in [1.54, 1.807) is 0 Å². The Balaban J connectivity index is 0.00000261. The predicted octanol–water partition coefficient (Wildman–Crippen LogP) is 4.06. The smallest absolute Gasteiger partial charge is 0.193 e. The number of hydrogen-bond donors (Lipinski definition) is 1. The zero-order valence-electron chi connectivity index (χ0n) is 17.3. The Morgan fingerprint density at radius 1 is 1.15 bits per heavy atom. The van der Waals surface area contributed by atoms with Crippen molar-refractivity contribution in [3.8, 4) is 0 Å². The highest BCUT2D eigenvalue weighted by atomic mass is 127. The van der Waals surface area contributed by atoms with Crippen LogP contribution in [-0.2, 0) is 9.47 Å². The van der Waals surface area contributed by atoms with Crippen molar-refractivity contribution >= 4 is 29.9 Å². The maximum atomic E-state index is 6.09. The monoisotopic (exact) mass is 493 g/mol. The van der Waals surface area contributed by atoms with E-state index in [-0.39, 0.29) is 24.0 Å². The van der Waals surface area contributed by atoms with Gasteiger partial charge in [-0.05, 0) is 50.4 Å². The third-order valence-electron chi connectivity index (χ3n) is 6.38. The molecule has 0 bridgehead atoms. The first kappa shape index (κ1) is 23.2. The molecule has 0 radical (unpaired) electrons. The first-order valence-corrected chi connectivity index (χ1v) is 10.9. The Hall–Kier alpha value is -0.0800. The molecule has 0 aromatic carbocycles. The van der Waals surface area contributed by atoms with Gasteiger partial charge in [-0.15, -0.1) is 24.0 Å². The number of nitrogens with zero attached hydrogens (tertiary/aromatic N) is 2. The summed E-state index contributed by atoms with van der Waals surface area (Å²) in [7, 11) is 1.91. The average molecular weight is 493 g/mol. The topological polar surface area (TPSA) is 46.1 Å². The van der Waals surface area contributed by atoms with Crippen LogP contribution in [0.2, 0.25) is 0 Å². The Morgan fingerprint density at radius 3 is 2.63 bits per heavy atom. The van der Waals surface area contributed by atoms with Crippen LogP contribution in [0, 0.1) is 11.8 Å². The van der Waals surface area contributed by atoms with E-state index < -0.39 is 0 Å². The molecule has 2 saturated heterocycles. The molecule has 3 aliphatic rings. The van der Waals surface area contributed by atoms with Gasteiger partial charge in [0.25, 0.3) is 0 Å². The van der Waals surface area contributed by atoms with Crippen molar-refractivity contribution in [2.24, 2.45) is 16.8 Å². The molecule has 1 saturated carbocycles. The second kappa shape index (κ2) is 12.5. The fourth-order valence-corrected chi connectivity index (χ4v) is 4.80. The van der Waals surface area contributed by atoms with Crippen LogP contribution in [0.25, 0.3) is 0 Å². The van der Waals surface area contributed by atoms with Crippen LogP contribution >= 0.6 is 24.0 Å². The van der Waals surface area contributed by atoms with E-state index in [0.717, 1.165) is 69.9 Å². The van der Waals surface area contributed by atoms with Crippen molar-refractivity contribution in [1.82, 2.24) is 10.2 Å². The van der Waals surface area contributed by atoms with Gasteiger partial charge in [-0.2, -0.15) is 0 Å². The summed E-state index contributed by atoms with van der Waals surface area (Å²) in [5.41, 5.74) is 0. The van der Waals surface area contributed by atoms with Crippen molar-refractivity contribution in [2.45, 2.75) is 76.9 Å². The van der Waals surface area contributed by atoms with Gasteiger partial charge in [0.1, 0.15) is 0 Å². The second-order valence-electron chi connectivity index (χ2n) is 8.56. The van der Waals surface area contributed by atoms with Crippen LogP contribution in [-0.4, -0.2) is 63.0 Å². The standard InChI is InChI=1S/C21H39N3O2.HI/c1-17-5-3-6-18(15-17)8-11-23-21(22-2)24-12-9-19(10-13-24)26-16-20-7-4-14-25-20;/h17-20H,3-16H2,1-2H3,(H,22,23);1H. The lowest BCUT2D eigenvalue weighted by atomic mass is 9.81. The van der Waals surface area contributed by atoms with E-state index in [1.165, 1.54) is 38.5 Å². The number of rotatable bonds is 6. The van der Waals surface area contributed by atoms with Gasteiger partial charge in [0.2, 0.25) is 0 Å². The summed E-state index contributed by atoms with van der Waals surface area (Å²) in [4.78, 5) is 6.91. The minimum atomic E-state index is 0. The summed E-state index contributed by atoms with van der Waals surface area (Å²) in [6.45, 7) is 7.22. The second-order valence-corrected chi connectivity index (χ2v) is 8.56. The summed E-state index contributed by atoms with van der Waals surface area (Å²) in [6.07, 6.45) is 12.2. The van der Waals surface area contributed by atoms with Gasteiger partial charge in [-0.3, -0.25) is 4.99 Å². The normalized spacial score (nSPS) is 30.2. The van der Waals surface area contributed by atoms with Gasteiger partial charge < -0.3 is 19.7 Å². The molecule has 158 valence electrons. The molecule has 6 heteroatoms. The number of guanidine groups is 1. The van der Waals surface area contributed by atoms with Crippen molar-refractivity contribution in [3.05, 3.63) is 0 Å².